The van der Waals surface area contributed by atoms with Crippen molar-refractivity contribution in [3.63, 3.8) is 0 Å². The third-order valence-corrected chi connectivity index (χ3v) is 3.21. The molecule has 4 nitrogen and oxygen atoms in total. The van der Waals surface area contributed by atoms with E-state index in [0.717, 1.165) is 12.1 Å². The molecule has 0 saturated heterocycles. The maximum atomic E-state index is 12.7. The van der Waals surface area contributed by atoms with Crippen molar-refractivity contribution in [1.29, 1.82) is 0 Å². The fraction of sp³-hybridized carbons (Fsp3) is 0.533. The van der Waals surface area contributed by atoms with E-state index in [2.05, 4.69) is 0 Å². The van der Waals surface area contributed by atoms with Crippen molar-refractivity contribution in [1.82, 2.24) is 4.90 Å². The number of hydrogen-bond acceptors (Lipinski definition) is 2. The van der Waals surface area contributed by atoms with Crippen LogP contribution < -0.4 is 5.73 Å². The van der Waals surface area contributed by atoms with Crippen LogP contribution in [0.3, 0.4) is 0 Å². The maximum Gasteiger partial charge on any atom is 0.416 e. The summed E-state index contributed by atoms with van der Waals surface area (Å²) in [7, 11) is 0. The van der Waals surface area contributed by atoms with Crippen molar-refractivity contribution >= 4 is 6.09 Å². The minimum absolute atomic E-state index is 0.0507. The zero-order valence-corrected chi connectivity index (χ0v) is 12.8. The molecule has 0 bridgehead atoms. The third kappa shape index (κ3) is 5.22. The number of halogens is 3. The number of alkyl halides is 3. The molecule has 0 saturated carbocycles. The summed E-state index contributed by atoms with van der Waals surface area (Å²) in [5.74, 6) is 0. The number of carbonyl (C=O) groups is 1. The van der Waals surface area contributed by atoms with Gasteiger partial charge < -0.3 is 15.7 Å². The minimum atomic E-state index is -4.40. The van der Waals surface area contributed by atoms with Gasteiger partial charge >= 0.3 is 12.3 Å². The lowest BCUT2D eigenvalue weighted by molar-refractivity contribution is -0.137. The quantitative estimate of drug-likeness (QED) is 0.894. The van der Waals surface area contributed by atoms with Crippen molar-refractivity contribution in [2.24, 2.45) is 5.73 Å². The molecule has 0 heterocycles. The van der Waals surface area contributed by atoms with Gasteiger partial charge in [0.25, 0.3) is 0 Å². The van der Waals surface area contributed by atoms with Gasteiger partial charge in [0.2, 0.25) is 0 Å². The average Bonchev–Trinajstić information content (AvgIpc) is 2.33. The highest BCUT2D eigenvalue weighted by Crippen LogP contribution is 2.29. The van der Waals surface area contributed by atoms with Gasteiger partial charge in [0.05, 0.1) is 5.56 Å². The number of nitrogens with two attached hydrogens (primary N) is 1. The van der Waals surface area contributed by atoms with Crippen molar-refractivity contribution < 1.29 is 23.1 Å². The summed E-state index contributed by atoms with van der Waals surface area (Å²) in [5, 5.41) is 9.20. The number of nitrogens with zero attached hydrogens (tertiary/aromatic N) is 1. The Hall–Kier alpha value is -1.76. The molecule has 0 fully saturated rings. The van der Waals surface area contributed by atoms with Gasteiger partial charge in [-0.1, -0.05) is 18.2 Å². The number of carboxylic acid groups (broad SMARTS) is 1. The van der Waals surface area contributed by atoms with Gasteiger partial charge in [-0.25, -0.2) is 4.79 Å². The highest BCUT2D eigenvalue weighted by molar-refractivity contribution is 5.66. The molecule has 0 unspecified atom stereocenters. The molecule has 1 aromatic rings. The Morgan fingerprint density at radius 1 is 1.32 bits per heavy atom. The zero-order chi connectivity index (χ0) is 17.1. The van der Waals surface area contributed by atoms with Crippen LogP contribution in [0.15, 0.2) is 24.3 Å². The van der Waals surface area contributed by atoms with Crippen molar-refractivity contribution in [3.05, 3.63) is 35.4 Å². The first-order chi connectivity index (χ1) is 9.91. The monoisotopic (exact) mass is 318 g/mol. The smallest absolute Gasteiger partial charge is 0.416 e. The predicted octanol–water partition coefficient (Wildman–Crippen LogP) is 3.35. The standard InChI is InChI=1S/C15H21F3N2O2/c1-14(2,3)20(13(21)22)9-12(19)8-10-5-4-6-11(7-10)15(16,17)18/h4-7,12H,8-9,19H2,1-3H3,(H,21,22)/t12-/m0/s1. The molecular formula is C15H21F3N2O2. The molecule has 0 radical (unpaired) electrons. The predicted molar refractivity (Wildman–Crippen MR) is 77.6 cm³/mol. The molecule has 3 N–H and O–H groups in total. The van der Waals surface area contributed by atoms with Crippen LogP contribution in [0.25, 0.3) is 0 Å². The number of rotatable bonds is 4. The van der Waals surface area contributed by atoms with Gasteiger partial charge in [-0.15, -0.1) is 0 Å². The normalized spacial score (nSPS) is 13.8. The van der Waals surface area contributed by atoms with E-state index in [1.54, 1.807) is 26.8 Å². The average molecular weight is 318 g/mol. The Morgan fingerprint density at radius 3 is 2.36 bits per heavy atom. The summed E-state index contributed by atoms with van der Waals surface area (Å²) >= 11 is 0. The Bertz CT molecular complexity index is 524. The molecule has 1 amide bonds. The molecule has 0 spiro atoms. The molecule has 1 atom stereocenters. The van der Waals surface area contributed by atoms with E-state index >= 15 is 0 Å². The van der Waals surface area contributed by atoms with E-state index in [0.29, 0.717) is 5.56 Å². The maximum absolute atomic E-state index is 12.7. The first-order valence-corrected chi connectivity index (χ1v) is 6.83. The van der Waals surface area contributed by atoms with E-state index in [1.807, 2.05) is 0 Å². The SMILES string of the molecule is CC(C)(C)N(C[C@@H](N)Cc1cccc(C(F)(F)F)c1)C(=O)O. The van der Waals surface area contributed by atoms with Gasteiger partial charge in [0.15, 0.2) is 0 Å². The second kappa shape index (κ2) is 6.56. The molecule has 22 heavy (non-hydrogen) atoms. The van der Waals surface area contributed by atoms with Crippen LogP contribution >= 0.6 is 0 Å². The van der Waals surface area contributed by atoms with Crippen LogP contribution in [-0.2, 0) is 12.6 Å². The van der Waals surface area contributed by atoms with E-state index in [1.165, 1.54) is 11.0 Å². The lowest BCUT2D eigenvalue weighted by atomic mass is 10.0. The summed E-state index contributed by atoms with van der Waals surface area (Å²) < 4.78 is 38.0. The fourth-order valence-corrected chi connectivity index (χ4v) is 2.12. The lowest BCUT2D eigenvalue weighted by Gasteiger charge is -2.35. The molecular weight excluding hydrogens is 297 g/mol. The van der Waals surface area contributed by atoms with Gasteiger partial charge in [0.1, 0.15) is 0 Å². The molecule has 0 aromatic heterocycles. The first kappa shape index (κ1) is 18.3. The Labute approximate surface area is 127 Å². The van der Waals surface area contributed by atoms with Crippen LogP contribution in [0.4, 0.5) is 18.0 Å². The van der Waals surface area contributed by atoms with Gasteiger partial charge in [-0.2, -0.15) is 13.2 Å². The van der Waals surface area contributed by atoms with Crippen LogP contribution in [-0.4, -0.2) is 34.2 Å². The fourth-order valence-electron chi connectivity index (χ4n) is 2.12. The van der Waals surface area contributed by atoms with Crippen LogP contribution in [0.1, 0.15) is 31.9 Å². The molecule has 1 rings (SSSR count). The molecule has 1 aromatic carbocycles. The summed E-state index contributed by atoms with van der Waals surface area (Å²) in [5.41, 5.74) is 4.99. The second-order valence-electron chi connectivity index (χ2n) is 6.23. The second-order valence-corrected chi connectivity index (χ2v) is 6.23. The van der Waals surface area contributed by atoms with Gasteiger partial charge in [-0.3, -0.25) is 0 Å². The van der Waals surface area contributed by atoms with Crippen LogP contribution in [0, 0.1) is 0 Å². The Morgan fingerprint density at radius 2 is 1.91 bits per heavy atom. The molecule has 0 aliphatic heterocycles. The largest absolute Gasteiger partial charge is 0.465 e. The first-order valence-electron chi connectivity index (χ1n) is 6.83. The molecule has 0 aliphatic rings. The summed E-state index contributed by atoms with van der Waals surface area (Å²) in [4.78, 5) is 12.4. The van der Waals surface area contributed by atoms with E-state index in [9.17, 15) is 23.1 Å². The van der Waals surface area contributed by atoms with E-state index in [-0.39, 0.29) is 13.0 Å². The number of benzene rings is 1. The molecule has 7 heteroatoms. The Kier molecular flexibility index (Phi) is 5.45. The number of amides is 1. The summed E-state index contributed by atoms with van der Waals surface area (Å²) in [6.45, 7) is 5.25. The van der Waals surface area contributed by atoms with Crippen molar-refractivity contribution in [2.45, 2.75) is 44.9 Å². The van der Waals surface area contributed by atoms with Gasteiger partial charge in [-0.05, 0) is 38.8 Å². The van der Waals surface area contributed by atoms with Crippen molar-refractivity contribution in [2.75, 3.05) is 6.54 Å². The highest BCUT2D eigenvalue weighted by atomic mass is 19.4. The molecule has 124 valence electrons. The van der Waals surface area contributed by atoms with E-state index in [4.69, 9.17) is 5.73 Å². The highest BCUT2D eigenvalue weighted by Gasteiger charge is 2.31. The molecule has 0 aliphatic carbocycles. The topological polar surface area (TPSA) is 66.6 Å². The third-order valence-electron chi connectivity index (χ3n) is 3.21. The van der Waals surface area contributed by atoms with Gasteiger partial charge in [0, 0.05) is 18.1 Å². The van der Waals surface area contributed by atoms with Crippen LogP contribution in [0.5, 0.6) is 0 Å². The summed E-state index contributed by atoms with van der Waals surface area (Å²) in [6, 6.07) is 4.33. The number of hydrogen-bond donors (Lipinski definition) is 2. The van der Waals surface area contributed by atoms with E-state index < -0.39 is 29.4 Å². The summed E-state index contributed by atoms with van der Waals surface area (Å²) in [6.07, 6.45) is -5.34. The lowest BCUT2D eigenvalue weighted by Crippen LogP contribution is -2.50. The minimum Gasteiger partial charge on any atom is -0.465 e. The van der Waals surface area contributed by atoms with Crippen LogP contribution in [0.2, 0.25) is 0 Å². The Balaban J connectivity index is 2.81. The zero-order valence-electron chi connectivity index (χ0n) is 12.8. The van der Waals surface area contributed by atoms with Crippen molar-refractivity contribution in [3.8, 4) is 0 Å².